The number of phenolic OH excluding ortho intramolecular Hbond substituents is 1. The molecule has 6 unspecified atom stereocenters. The molecule has 0 bridgehead atoms. The van der Waals surface area contributed by atoms with E-state index >= 15 is 0 Å². The summed E-state index contributed by atoms with van der Waals surface area (Å²) in [5.41, 5.74) is 3.80. The van der Waals surface area contributed by atoms with Crippen LogP contribution in [0.1, 0.15) is 82.8 Å². The maximum atomic E-state index is 10.0. The molecule has 3 aliphatic carbocycles. The smallest absolute Gasteiger partial charge is 0.115 e. The third-order valence-electron chi connectivity index (χ3n) is 8.91. The van der Waals surface area contributed by atoms with Crippen molar-refractivity contribution in [2.45, 2.75) is 83.3 Å². The molecule has 3 aliphatic rings. The molecule has 0 aromatic heterocycles. The van der Waals surface area contributed by atoms with Crippen LogP contribution in [0.15, 0.2) is 18.2 Å². The molecule has 0 heterocycles. The van der Waals surface area contributed by atoms with E-state index in [4.69, 9.17) is 12.6 Å². The van der Waals surface area contributed by atoms with Gasteiger partial charge in [-0.2, -0.15) is 25.3 Å². The highest BCUT2D eigenvalue weighted by atomic mass is 32.1. The van der Waals surface area contributed by atoms with Gasteiger partial charge in [0.25, 0.3) is 0 Å². The largest absolute Gasteiger partial charge is 0.508 e. The molecule has 28 heavy (non-hydrogen) atoms. The third-order valence-corrected chi connectivity index (χ3v) is 10.1. The van der Waals surface area contributed by atoms with Crippen LogP contribution in [0, 0.1) is 28.6 Å². The van der Waals surface area contributed by atoms with Gasteiger partial charge in [-0.3, -0.25) is 0 Å². The average molecular weight is 419 g/mol. The summed E-state index contributed by atoms with van der Waals surface area (Å²) in [5, 5.41) is 10.5. The SMILES string of the molecule is CC(C)CCC1CC2(CCC2C(S)CS)CC2c3ccc(O)cc3CCC12C. The van der Waals surface area contributed by atoms with Crippen LogP contribution in [0.4, 0.5) is 0 Å². The van der Waals surface area contributed by atoms with Crippen molar-refractivity contribution < 1.29 is 5.11 Å². The summed E-state index contributed by atoms with van der Waals surface area (Å²) in [5.74, 6) is 4.25. The van der Waals surface area contributed by atoms with Crippen molar-refractivity contribution in [2.24, 2.45) is 28.6 Å². The number of hydrogen-bond acceptors (Lipinski definition) is 3. The van der Waals surface area contributed by atoms with Crippen molar-refractivity contribution in [3.63, 3.8) is 0 Å². The summed E-state index contributed by atoms with van der Waals surface area (Å²) in [4.78, 5) is 0. The Morgan fingerprint density at radius 3 is 2.64 bits per heavy atom. The molecule has 2 fully saturated rings. The van der Waals surface area contributed by atoms with Gasteiger partial charge in [-0.25, -0.2) is 0 Å². The predicted octanol–water partition coefficient (Wildman–Crippen LogP) is 6.90. The minimum absolute atomic E-state index is 0.400. The normalized spacial score (nSPS) is 38.0. The van der Waals surface area contributed by atoms with Gasteiger partial charge in [-0.1, -0.05) is 33.3 Å². The number of hydrogen-bond donors (Lipinski definition) is 3. The second-order valence-electron chi connectivity index (χ2n) is 10.8. The Kier molecular flexibility index (Phi) is 5.81. The van der Waals surface area contributed by atoms with Crippen molar-refractivity contribution >= 4 is 25.3 Å². The lowest BCUT2D eigenvalue weighted by atomic mass is 9.41. The Labute approximate surface area is 182 Å². The van der Waals surface area contributed by atoms with E-state index in [-0.39, 0.29) is 0 Å². The van der Waals surface area contributed by atoms with Gasteiger partial charge in [0, 0.05) is 11.0 Å². The van der Waals surface area contributed by atoms with E-state index in [1.807, 2.05) is 12.1 Å². The van der Waals surface area contributed by atoms with Gasteiger partial charge >= 0.3 is 0 Å². The molecule has 1 aromatic carbocycles. The third kappa shape index (κ3) is 3.43. The first-order valence-electron chi connectivity index (χ1n) is 11.4. The van der Waals surface area contributed by atoms with Crippen molar-refractivity contribution in [3.8, 4) is 5.75 Å². The number of thiol groups is 2. The van der Waals surface area contributed by atoms with Gasteiger partial charge < -0.3 is 5.11 Å². The first kappa shape index (κ1) is 21.0. The molecule has 1 nitrogen and oxygen atoms in total. The molecule has 1 N–H and O–H groups in total. The van der Waals surface area contributed by atoms with E-state index in [9.17, 15) is 5.11 Å². The number of aryl methyl sites for hydroxylation is 1. The zero-order valence-corrected chi connectivity index (χ0v) is 19.6. The number of benzene rings is 1. The van der Waals surface area contributed by atoms with Gasteiger partial charge in [0.2, 0.25) is 0 Å². The second-order valence-corrected chi connectivity index (χ2v) is 11.8. The van der Waals surface area contributed by atoms with Gasteiger partial charge in [0.1, 0.15) is 5.75 Å². The van der Waals surface area contributed by atoms with Crippen LogP contribution in [0.5, 0.6) is 5.75 Å². The molecule has 0 radical (unpaired) electrons. The number of aromatic hydroxyl groups is 1. The van der Waals surface area contributed by atoms with Crippen LogP contribution in [0.2, 0.25) is 0 Å². The van der Waals surface area contributed by atoms with Gasteiger partial charge in [0.15, 0.2) is 0 Å². The van der Waals surface area contributed by atoms with Crippen molar-refractivity contribution in [3.05, 3.63) is 29.3 Å². The van der Waals surface area contributed by atoms with Gasteiger partial charge in [0.05, 0.1) is 0 Å². The van der Waals surface area contributed by atoms with Gasteiger partial charge in [-0.05, 0) is 103 Å². The first-order valence-corrected chi connectivity index (χ1v) is 12.5. The number of phenols is 1. The van der Waals surface area contributed by atoms with Crippen LogP contribution in [0.3, 0.4) is 0 Å². The Hall–Kier alpha value is -0.280. The van der Waals surface area contributed by atoms with Crippen LogP contribution in [-0.4, -0.2) is 16.1 Å². The van der Waals surface area contributed by atoms with E-state index in [0.717, 1.165) is 29.9 Å². The van der Waals surface area contributed by atoms with E-state index in [1.54, 1.807) is 0 Å². The molecular weight excluding hydrogens is 380 g/mol. The highest BCUT2D eigenvalue weighted by molar-refractivity contribution is 7.84. The van der Waals surface area contributed by atoms with Crippen LogP contribution >= 0.6 is 25.3 Å². The fraction of sp³-hybridized carbons (Fsp3) is 0.760. The second kappa shape index (κ2) is 7.76. The Bertz CT molecular complexity index is 716. The van der Waals surface area contributed by atoms with Crippen molar-refractivity contribution in [1.29, 1.82) is 0 Å². The molecule has 0 aliphatic heterocycles. The minimum atomic E-state index is 0.400. The van der Waals surface area contributed by atoms with Crippen LogP contribution in [-0.2, 0) is 6.42 Å². The Morgan fingerprint density at radius 2 is 2.00 bits per heavy atom. The lowest BCUT2D eigenvalue weighted by Gasteiger charge is -2.64. The molecule has 156 valence electrons. The first-order chi connectivity index (χ1) is 13.3. The van der Waals surface area contributed by atoms with E-state index < -0.39 is 0 Å². The number of rotatable bonds is 5. The number of fused-ring (bicyclic) bond motifs is 3. The molecule has 6 atom stereocenters. The Balaban J connectivity index is 1.71. The van der Waals surface area contributed by atoms with E-state index in [1.165, 1.54) is 56.1 Å². The monoisotopic (exact) mass is 418 g/mol. The van der Waals surface area contributed by atoms with Crippen molar-refractivity contribution in [2.75, 3.05) is 5.75 Å². The molecule has 0 saturated heterocycles. The quantitative estimate of drug-likeness (QED) is 0.444. The van der Waals surface area contributed by atoms with Crippen LogP contribution in [0.25, 0.3) is 0 Å². The maximum Gasteiger partial charge on any atom is 0.115 e. The molecule has 4 rings (SSSR count). The standard InChI is InChI=1S/C25H38OS2/c1-16(2)4-5-18-13-25(11-9-21(25)23(28)15-27)14-22-20-7-6-19(26)12-17(20)8-10-24(18,22)3/h6-7,12,16,18,21-23,26-28H,4-5,8-11,13-15H2,1-3H3. The van der Waals surface area contributed by atoms with Crippen LogP contribution < -0.4 is 0 Å². The summed E-state index contributed by atoms with van der Waals surface area (Å²) in [6.45, 7) is 7.33. The average Bonchev–Trinajstić information content (AvgIpc) is 2.64. The predicted molar refractivity (Wildman–Crippen MR) is 126 cm³/mol. The summed E-state index contributed by atoms with van der Waals surface area (Å²) in [7, 11) is 0. The van der Waals surface area contributed by atoms with Gasteiger partial charge in [-0.15, -0.1) is 0 Å². The lowest BCUT2D eigenvalue weighted by molar-refractivity contribution is -0.0982. The molecule has 3 heteroatoms. The molecule has 1 spiro atoms. The summed E-state index contributed by atoms with van der Waals surface area (Å²) < 4.78 is 0. The lowest BCUT2D eigenvalue weighted by Crippen LogP contribution is -2.55. The Morgan fingerprint density at radius 1 is 1.21 bits per heavy atom. The van der Waals surface area contributed by atoms with E-state index in [2.05, 4.69) is 39.5 Å². The fourth-order valence-corrected chi connectivity index (χ4v) is 7.77. The summed E-state index contributed by atoms with van der Waals surface area (Å²) in [6.07, 6.45) is 10.5. The minimum Gasteiger partial charge on any atom is -0.508 e. The zero-order valence-electron chi connectivity index (χ0n) is 17.8. The molecule has 1 aromatic rings. The molecule has 2 saturated carbocycles. The molecular formula is C25H38OS2. The summed E-state index contributed by atoms with van der Waals surface area (Å²) >= 11 is 9.55. The summed E-state index contributed by atoms with van der Waals surface area (Å²) in [6, 6.07) is 6.20. The van der Waals surface area contributed by atoms with Crippen molar-refractivity contribution in [1.82, 2.24) is 0 Å². The van der Waals surface area contributed by atoms with E-state index in [0.29, 0.717) is 27.7 Å². The zero-order chi connectivity index (χ0) is 20.1. The fourth-order valence-electron chi connectivity index (χ4n) is 7.05. The highest BCUT2D eigenvalue weighted by Gasteiger charge is 2.59. The maximum absolute atomic E-state index is 10.0. The topological polar surface area (TPSA) is 20.2 Å². The molecule has 0 amide bonds. The highest BCUT2D eigenvalue weighted by Crippen LogP contribution is 2.69.